The van der Waals surface area contributed by atoms with E-state index in [-0.39, 0.29) is 5.91 Å². The fourth-order valence-electron chi connectivity index (χ4n) is 2.55. The largest absolute Gasteiger partial charge is 0.381 e. The van der Waals surface area contributed by atoms with Crippen LogP contribution >= 0.6 is 11.6 Å². The third-order valence-corrected chi connectivity index (χ3v) is 4.02. The highest BCUT2D eigenvalue weighted by Gasteiger charge is 2.14. The standard InChI is InChI=1S/C17H17ClN2O/c1-11-8-14(18)4-2-13(11)10-19-15-5-6-16-12(9-15)3-7-17(21)20-16/h2,4-6,8-9,19H,3,7,10H2,1H3,(H,20,21). The van der Waals surface area contributed by atoms with Crippen molar-refractivity contribution in [1.82, 2.24) is 0 Å². The van der Waals surface area contributed by atoms with Crippen molar-refractivity contribution in [2.45, 2.75) is 26.3 Å². The fraction of sp³-hybridized carbons (Fsp3) is 0.235. The van der Waals surface area contributed by atoms with Gasteiger partial charge in [0.25, 0.3) is 0 Å². The summed E-state index contributed by atoms with van der Waals surface area (Å²) in [4.78, 5) is 11.3. The first-order chi connectivity index (χ1) is 10.1. The molecule has 3 nitrogen and oxygen atoms in total. The van der Waals surface area contributed by atoms with Gasteiger partial charge >= 0.3 is 0 Å². The highest BCUT2D eigenvalue weighted by Crippen LogP contribution is 2.26. The zero-order valence-corrected chi connectivity index (χ0v) is 12.6. The summed E-state index contributed by atoms with van der Waals surface area (Å²) in [6.07, 6.45) is 1.36. The lowest BCUT2D eigenvalue weighted by Gasteiger charge is -2.18. The summed E-state index contributed by atoms with van der Waals surface area (Å²) in [5.74, 6) is 0.0972. The molecule has 4 heteroatoms. The Morgan fingerprint density at radius 1 is 1.19 bits per heavy atom. The Kier molecular flexibility index (Phi) is 3.84. The summed E-state index contributed by atoms with van der Waals surface area (Å²) in [6, 6.07) is 12.0. The molecule has 0 atom stereocenters. The maximum atomic E-state index is 11.3. The van der Waals surface area contributed by atoms with E-state index in [2.05, 4.69) is 23.6 Å². The molecule has 108 valence electrons. The molecule has 0 unspecified atom stereocenters. The van der Waals surface area contributed by atoms with Gasteiger partial charge in [0.05, 0.1) is 0 Å². The van der Waals surface area contributed by atoms with Gasteiger partial charge in [0.15, 0.2) is 0 Å². The molecule has 0 spiro atoms. The molecule has 0 aromatic heterocycles. The second-order valence-electron chi connectivity index (χ2n) is 5.34. The summed E-state index contributed by atoms with van der Waals surface area (Å²) in [6.45, 7) is 2.82. The summed E-state index contributed by atoms with van der Waals surface area (Å²) >= 11 is 5.97. The van der Waals surface area contributed by atoms with Crippen molar-refractivity contribution < 1.29 is 4.79 Å². The summed E-state index contributed by atoms with van der Waals surface area (Å²) in [5.41, 5.74) is 5.59. The molecule has 3 rings (SSSR count). The Morgan fingerprint density at radius 2 is 2.05 bits per heavy atom. The Labute approximate surface area is 129 Å². The summed E-state index contributed by atoms with van der Waals surface area (Å²) < 4.78 is 0. The van der Waals surface area contributed by atoms with E-state index in [9.17, 15) is 4.79 Å². The summed E-state index contributed by atoms with van der Waals surface area (Å²) in [7, 11) is 0. The van der Waals surface area contributed by atoms with Crippen LogP contribution in [0.1, 0.15) is 23.1 Å². The van der Waals surface area contributed by atoms with Crippen LogP contribution in [0.5, 0.6) is 0 Å². The first-order valence-electron chi connectivity index (χ1n) is 7.03. The molecule has 0 fully saturated rings. The minimum absolute atomic E-state index is 0.0972. The Morgan fingerprint density at radius 3 is 2.86 bits per heavy atom. The molecule has 1 amide bonds. The lowest BCUT2D eigenvalue weighted by molar-refractivity contribution is -0.116. The van der Waals surface area contributed by atoms with Crippen molar-refractivity contribution in [3.8, 4) is 0 Å². The van der Waals surface area contributed by atoms with E-state index in [1.54, 1.807) is 0 Å². The minimum Gasteiger partial charge on any atom is -0.381 e. The number of fused-ring (bicyclic) bond motifs is 1. The van der Waals surface area contributed by atoms with Crippen molar-refractivity contribution in [2.24, 2.45) is 0 Å². The molecule has 2 aromatic rings. The van der Waals surface area contributed by atoms with Crippen molar-refractivity contribution in [1.29, 1.82) is 0 Å². The van der Waals surface area contributed by atoms with Crippen LogP contribution in [0.4, 0.5) is 11.4 Å². The number of hydrogen-bond acceptors (Lipinski definition) is 2. The third kappa shape index (κ3) is 3.19. The third-order valence-electron chi connectivity index (χ3n) is 3.79. The number of rotatable bonds is 3. The Hall–Kier alpha value is -2.00. The van der Waals surface area contributed by atoms with Crippen LogP contribution in [-0.2, 0) is 17.8 Å². The first kappa shape index (κ1) is 14.0. The van der Waals surface area contributed by atoms with E-state index in [0.717, 1.165) is 29.4 Å². The van der Waals surface area contributed by atoms with E-state index in [1.165, 1.54) is 16.7 Å². The van der Waals surface area contributed by atoms with Gasteiger partial charge in [-0.25, -0.2) is 0 Å². The molecular formula is C17H17ClN2O. The molecule has 1 aliphatic heterocycles. The lowest BCUT2D eigenvalue weighted by Crippen LogP contribution is -2.19. The zero-order chi connectivity index (χ0) is 14.8. The highest BCUT2D eigenvalue weighted by molar-refractivity contribution is 6.30. The quantitative estimate of drug-likeness (QED) is 0.894. The SMILES string of the molecule is Cc1cc(Cl)ccc1CNc1ccc2c(c1)CCC(=O)N2. The van der Waals surface area contributed by atoms with E-state index in [1.807, 2.05) is 30.3 Å². The molecule has 1 aliphatic rings. The van der Waals surface area contributed by atoms with Crippen LogP contribution in [0.3, 0.4) is 0 Å². The molecular weight excluding hydrogens is 284 g/mol. The average Bonchev–Trinajstić information content (AvgIpc) is 2.46. The van der Waals surface area contributed by atoms with Crippen molar-refractivity contribution in [3.63, 3.8) is 0 Å². The number of nitrogens with one attached hydrogen (secondary N) is 2. The van der Waals surface area contributed by atoms with E-state index >= 15 is 0 Å². The van der Waals surface area contributed by atoms with Crippen LogP contribution in [-0.4, -0.2) is 5.91 Å². The Bertz CT molecular complexity index is 697. The van der Waals surface area contributed by atoms with Crippen molar-refractivity contribution in [2.75, 3.05) is 10.6 Å². The van der Waals surface area contributed by atoms with Crippen LogP contribution in [0.2, 0.25) is 5.02 Å². The molecule has 2 N–H and O–H groups in total. The van der Waals surface area contributed by atoms with Gasteiger partial charge in [0, 0.05) is 29.4 Å². The monoisotopic (exact) mass is 300 g/mol. The van der Waals surface area contributed by atoms with Crippen LogP contribution in [0.25, 0.3) is 0 Å². The predicted molar refractivity (Wildman–Crippen MR) is 86.9 cm³/mol. The van der Waals surface area contributed by atoms with Gasteiger partial charge in [-0.05, 0) is 60.4 Å². The minimum atomic E-state index is 0.0972. The van der Waals surface area contributed by atoms with Gasteiger partial charge in [-0.3, -0.25) is 4.79 Å². The maximum Gasteiger partial charge on any atom is 0.224 e. The van der Waals surface area contributed by atoms with Gasteiger partial charge in [-0.15, -0.1) is 0 Å². The van der Waals surface area contributed by atoms with Crippen LogP contribution in [0, 0.1) is 6.92 Å². The number of aryl methyl sites for hydroxylation is 2. The van der Waals surface area contributed by atoms with E-state index in [0.29, 0.717) is 6.42 Å². The van der Waals surface area contributed by atoms with Gasteiger partial charge in [0.1, 0.15) is 0 Å². The molecule has 21 heavy (non-hydrogen) atoms. The molecule has 0 saturated carbocycles. The number of anilines is 2. The van der Waals surface area contributed by atoms with Gasteiger partial charge in [0.2, 0.25) is 5.91 Å². The molecule has 0 aliphatic carbocycles. The van der Waals surface area contributed by atoms with Gasteiger partial charge in [-0.2, -0.15) is 0 Å². The number of amides is 1. The van der Waals surface area contributed by atoms with Gasteiger partial charge in [-0.1, -0.05) is 17.7 Å². The number of halogens is 1. The van der Waals surface area contributed by atoms with E-state index in [4.69, 9.17) is 11.6 Å². The lowest BCUT2D eigenvalue weighted by atomic mass is 10.0. The topological polar surface area (TPSA) is 41.1 Å². The Balaban J connectivity index is 1.72. The smallest absolute Gasteiger partial charge is 0.224 e. The second kappa shape index (κ2) is 5.78. The fourth-order valence-corrected chi connectivity index (χ4v) is 2.77. The van der Waals surface area contributed by atoms with Crippen molar-refractivity contribution >= 4 is 28.9 Å². The van der Waals surface area contributed by atoms with Crippen LogP contribution < -0.4 is 10.6 Å². The normalized spacial score (nSPS) is 13.5. The highest BCUT2D eigenvalue weighted by atomic mass is 35.5. The second-order valence-corrected chi connectivity index (χ2v) is 5.78. The maximum absolute atomic E-state index is 11.3. The predicted octanol–water partition coefficient (Wildman–Crippen LogP) is 4.15. The molecule has 2 aromatic carbocycles. The van der Waals surface area contributed by atoms with Crippen molar-refractivity contribution in [3.05, 3.63) is 58.1 Å². The summed E-state index contributed by atoms with van der Waals surface area (Å²) in [5, 5.41) is 7.09. The van der Waals surface area contributed by atoms with E-state index < -0.39 is 0 Å². The number of hydrogen-bond donors (Lipinski definition) is 2. The van der Waals surface area contributed by atoms with Gasteiger partial charge < -0.3 is 10.6 Å². The van der Waals surface area contributed by atoms with Crippen LogP contribution in [0.15, 0.2) is 36.4 Å². The number of benzene rings is 2. The molecule has 0 radical (unpaired) electrons. The molecule has 1 heterocycles. The number of carbonyl (C=O) groups is 1. The average molecular weight is 301 g/mol. The number of carbonyl (C=O) groups excluding carboxylic acids is 1. The molecule has 0 bridgehead atoms. The zero-order valence-electron chi connectivity index (χ0n) is 11.9. The molecule has 0 saturated heterocycles. The first-order valence-corrected chi connectivity index (χ1v) is 7.41.